The number of pyridine rings is 1. The van der Waals surface area contributed by atoms with Crippen molar-refractivity contribution in [2.45, 2.75) is 31.0 Å². The van der Waals surface area contributed by atoms with Crippen molar-refractivity contribution in [1.29, 1.82) is 0 Å². The number of hydrogen-bond donors (Lipinski definition) is 1. The number of likely N-dealkylation sites (N-methyl/N-ethyl adjacent to an activating group) is 1. The molecule has 1 saturated heterocycles. The fourth-order valence-electron chi connectivity index (χ4n) is 2.62. The molecule has 1 aliphatic carbocycles. The molecular formula is C14H21N3O. The highest BCUT2D eigenvalue weighted by Crippen LogP contribution is 2.28. The lowest BCUT2D eigenvalue weighted by Crippen LogP contribution is -2.47. The first-order chi connectivity index (χ1) is 8.84. The number of rotatable bonds is 4. The second kappa shape index (κ2) is 5.34. The zero-order chi connectivity index (χ0) is 12.4. The summed E-state index contributed by atoms with van der Waals surface area (Å²) >= 11 is 0. The van der Waals surface area contributed by atoms with E-state index in [4.69, 9.17) is 4.74 Å². The smallest absolute Gasteiger partial charge is 0.0897 e. The van der Waals surface area contributed by atoms with Crippen LogP contribution in [0, 0.1) is 0 Å². The number of morpholine rings is 1. The fourth-order valence-corrected chi connectivity index (χ4v) is 2.62. The molecule has 1 aromatic heterocycles. The number of hydrogen-bond acceptors (Lipinski definition) is 4. The molecule has 0 spiro atoms. The lowest BCUT2D eigenvalue weighted by atomic mass is 10.00. The van der Waals surface area contributed by atoms with E-state index in [1.54, 1.807) is 0 Å². The summed E-state index contributed by atoms with van der Waals surface area (Å²) in [6.45, 7) is 2.75. The Morgan fingerprint density at radius 3 is 3.11 bits per heavy atom. The Morgan fingerprint density at radius 1 is 1.50 bits per heavy atom. The summed E-state index contributed by atoms with van der Waals surface area (Å²) in [5.74, 6) is 0. The van der Waals surface area contributed by atoms with Crippen molar-refractivity contribution in [2.24, 2.45) is 0 Å². The highest BCUT2D eigenvalue weighted by atomic mass is 16.5. The van der Waals surface area contributed by atoms with Crippen LogP contribution >= 0.6 is 0 Å². The largest absolute Gasteiger partial charge is 0.374 e. The zero-order valence-corrected chi connectivity index (χ0v) is 10.9. The molecule has 18 heavy (non-hydrogen) atoms. The van der Waals surface area contributed by atoms with E-state index in [-0.39, 0.29) is 6.10 Å². The van der Waals surface area contributed by atoms with Gasteiger partial charge in [-0.15, -0.1) is 0 Å². The van der Waals surface area contributed by atoms with Gasteiger partial charge in [0.1, 0.15) is 0 Å². The third kappa shape index (κ3) is 2.71. The first kappa shape index (κ1) is 12.1. The van der Waals surface area contributed by atoms with Crippen LogP contribution in [0.25, 0.3) is 0 Å². The summed E-state index contributed by atoms with van der Waals surface area (Å²) in [5, 5.41) is 3.57. The van der Waals surface area contributed by atoms with Crippen LogP contribution in [0.2, 0.25) is 0 Å². The molecule has 1 aromatic rings. The van der Waals surface area contributed by atoms with Crippen molar-refractivity contribution in [3.05, 3.63) is 30.1 Å². The van der Waals surface area contributed by atoms with E-state index in [1.165, 1.54) is 18.4 Å². The van der Waals surface area contributed by atoms with Gasteiger partial charge in [-0.3, -0.25) is 9.88 Å². The van der Waals surface area contributed by atoms with Crippen LogP contribution < -0.4 is 5.32 Å². The van der Waals surface area contributed by atoms with Crippen LogP contribution in [0.15, 0.2) is 24.5 Å². The topological polar surface area (TPSA) is 37.4 Å². The highest BCUT2D eigenvalue weighted by molar-refractivity contribution is 5.16. The molecule has 1 N–H and O–H groups in total. The number of nitrogens with zero attached hydrogens (tertiary/aromatic N) is 2. The monoisotopic (exact) mass is 247 g/mol. The van der Waals surface area contributed by atoms with Crippen molar-refractivity contribution in [1.82, 2.24) is 15.2 Å². The van der Waals surface area contributed by atoms with Gasteiger partial charge in [-0.2, -0.15) is 0 Å². The summed E-state index contributed by atoms with van der Waals surface area (Å²) in [6, 6.07) is 5.20. The highest BCUT2D eigenvalue weighted by Gasteiger charge is 2.32. The molecule has 2 aliphatic rings. The Bertz CT molecular complexity index is 380. The van der Waals surface area contributed by atoms with Gasteiger partial charge < -0.3 is 10.1 Å². The van der Waals surface area contributed by atoms with Crippen molar-refractivity contribution in [3.8, 4) is 0 Å². The van der Waals surface area contributed by atoms with Gasteiger partial charge in [0.25, 0.3) is 0 Å². The number of aromatic nitrogens is 1. The maximum Gasteiger partial charge on any atom is 0.0897 e. The minimum Gasteiger partial charge on any atom is -0.374 e. The first-order valence-electron chi connectivity index (χ1n) is 6.80. The average molecular weight is 247 g/mol. The van der Waals surface area contributed by atoms with E-state index in [2.05, 4.69) is 28.3 Å². The standard InChI is InChI=1S/C14H21N3O/c1-17-7-8-18-13(10-16-12-4-5-12)14(17)11-3-2-6-15-9-11/h2-3,6,9,12-14,16H,4-5,7-8,10H2,1H3. The van der Waals surface area contributed by atoms with E-state index in [1.807, 2.05) is 18.5 Å². The second-order valence-corrected chi connectivity index (χ2v) is 5.30. The fraction of sp³-hybridized carbons (Fsp3) is 0.643. The van der Waals surface area contributed by atoms with E-state index in [0.717, 1.165) is 25.7 Å². The summed E-state index contributed by atoms with van der Waals surface area (Å²) in [5.41, 5.74) is 1.25. The minimum absolute atomic E-state index is 0.230. The van der Waals surface area contributed by atoms with Gasteiger partial charge in [0, 0.05) is 31.5 Å². The molecular weight excluding hydrogens is 226 g/mol. The Kier molecular flexibility index (Phi) is 3.59. The molecule has 0 amide bonds. The maximum absolute atomic E-state index is 5.96. The molecule has 2 unspecified atom stereocenters. The van der Waals surface area contributed by atoms with Crippen LogP contribution in [0.5, 0.6) is 0 Å². The van der Waals surface area contributed by atoms with Gasteiger partial charge in [-0.25, -0.2) is 0 Å². The molecule has 0 radical (unpaired) electrons. The van der Waals surface area contributed by atoms with Gasteiger partial charge >= 0.3 is 0 Å². The van der Waals surface area contributed by atoms with Gasteiger partial charge in [0.2, 0.25) is 0 Å². The van der Waals surface area contributed by atoms with E-state index in [0.29, 0.717) is 6.04 Å². The maximum atomic E-state index is 5.96. The Labute approximate surface area is 108 Å². The molecule has 0 aromatic carbocycles. The Morgan fingerprint density at radius 2 is 2.39 bits per heavy atom. The normalized spacial score (nSPS) is 29.4. The molecule has 2 heterocycles. The Balaban J connectivity index is 1.72. The molecule has 4 heteroatoms. The summed E-state index contributed by atoms with van der Waals surface area (Å²) in [6.07, 6.45) is 6.65. The Hall–Kier alpha value is -0.970. The summed E-state index contributed by atoms with van der Waals surface area (Å²) in [4.78, 5) is 6.61. The van der Waals surface area contributed by atoms with Crippen molar-refractivity contribution in [2.75, 3.05) is 26.7 Å². The van der Waals surface area contributed by atoms with Gasteiger partial charge in [-0.05, 0) is 31.5 Å². The lowest BCUT2D eigenvalue weighted by molar-refractivity contribution is -0.0616. The molecule has 4 nitrogen and oxygen atoms in total. The predicted molar refractivity (Wildman–Crippen MR) is 70.4 cm³/mol. The molecule has 2 atom stereocenters. The summed E-state index contributed by atoms with van der Waals surface area (Å²) < 4.78 is 5.96. The molecule has 0 bridgehead atoms. The van der Waals surface area contributed by atoms with Crippen molar-refractivity contribution in [3.63, 3.8) is 0 Å². The van der Waals surface area contributed by atoms with E-state index < -0.39 is 0 Å². The van der Waals surface area contributed by atoms with E-state index >= 15 is 0 Å². The molecule has 2 fully saturated rings. The molecule has 1 saturated carbocycles. The van der Waals surface area contributed by atoms with Crippen LogP contribution in [0.3, 0.4) is 0 Å². The number of nitrogens with one attached hydrogen (secondary N) is 1. The van der Waals surface area contributed by atoms with Gasteiger partial charge in [0.05, 0.1) is 18.8 Å². The lowest BCUT2D eigenvalue weighted by Gasteiger charge is -2.39. The van der Waals surface area contributed by atoms with Crippen LogP contribution in [0.1, 0.15) is 24.4 Å². The minimum atomic E-state index is 0.230. The first-order valence-corrected chi connectivity index (χ1v) is 6.80. The third-order valence-electron chi connectivity index (χ3n) is 3.81. The van der Waals surface area contributed by atoms with Gasteiger partial charge in [0.15, 0.2) is 0 Å². The SMILES string of the molecule is CN1CCOC(CNC2CC2)C1c1cccnc1. The third-order valence-corrected chi connectivity index (χ3v) is 3.81. The van der Waals surface area contributed by atoms with Crippen molar-refractivity contribution >= 4 is 0 Å². The van der Waals surface area contributed by atoms with E-state index in [9.17, 15) is 0 Å². The quantitative estimate of drug-likeness (QED) is 0.867. The zero-order valence-electron chi connectivity index (χ0n) is 10.9. The molecule has 98 valence electrons. The molecule has 3 rings (SSSR count). The van der Waals surface area contributed by atoms with Crippen LogP contribution in [-0.4, -0.2) is 48.8 Å². The average Bonchev–Trinajstić information content (AvgIpc) is 3.21. The number of ether oxygens (including phenoxy) is 1. The second-order valence-electron chi connectivity index (χ2n) is 5.30. The van der Waals surface area contributed by atoms with Gasteiger partial charge in [-0.1, -0.05) is 6.07 Å². The summed E-state index contributed by atoms with van der Waals surface area (Å²) in [7, 11) is 2.17. The van der Waals surface area contributed by atoms with Crippen LogP contribution in [-0.2, 0) is 4.74 Å². The van der Waals surface area contributed by atoms with Crippen LogP contribution in [0.4, 0.5) is 0 Å². The predicted octanol–water partition coefficient (Wildman–Crippen LogP) is 1.21. The van der Waals surface area contributed by atoms with Crippen molar-refractivity contribution < 1.29 is 4.74 Å². The molecule has 1 aliphatic heterocycles.